The highest BCUT2D eigenvalue weighted by Gasteiger charge is 2.41. The Morgan fingerprint density at radius 1 is 1.29 bits per heavy atom. The molecule has 7 nitrogen and oxygen atoms in total. The van der Waals surface area contributed by atoms with Crippen LogP contribution in [0.2, 0.25) is 0 Å². The monoisotopic (exact) mass is 312 g/mol. The number of para-hydroxylation sites is 1. The molecule has 1 heterocycles. The van der Waals surface area contributed by atoms with Crippen LogP contribution in [-0.2, 0) is 14.8 Å². The highest BCUT2D eigenvalue weighted by atomic mass is 32.2. The van der Waals surface area contributed by atoms with Crippen LogP contribution >= 0.6 is 0 Å². The Bertz CT molecular complexity index is 589. The van der Waals surface area contributed by atoms with Gasteiger partial charge in [-0.2, -0.15) is 0 Å². The number of nitrogens with one attached hydrogen (secondary N) is 4. The van der Waals surface area contributed by atoms with Crippen molar-refractivity contribution in [2.75, 3.05) is 11.3 Å². The van der Waals surface area contributed by atoms with Crippen molar-refractivity contribution in [2.24, 2.45) is 5.92 Å². The minimum absolute atomic E-state index is 0.0384. The van der Waals surface area contributed by atoms with E-state index in [1.807, 2.05) is 13.8 Å². The average molecular weight is 312 g/mol. The molecule has 0 aromatic heterocycles. The van der Waals surface area contributed by atoms with E-state index in [1.54, 1.807) is 30.3 Å². The first-order chi connectivity index (χ1) is 9.90. The van der Waals surface area contributed by atoms with E-state index in [4.69, 9.17) is 0 Å². The van der Waals surface area contributed by atoms with Crippen molar-refractivity contribution in [2.45, 2.75) is 25.3 Å². The molecule has 1 aliphatic rings. The highest BCUT2D eigenvalue weighted by Crippen LogP contribution is 2.18. The smallest absolute Gasteiger partial charge is 0.250 e. The standard InChI is InChI=1S/C13H20N4O3S/c1-9(2)15-12(18)11-8-14-16-13(11)21(19,20)17-10-6-4-3-5-7-10/h3-7,9,11,13-14,16-17H,8H2,1-2H3,(H,15,18). The summed E-state index contributed by atoms with van der Waals surface area (Å²) in [7, 11) is -3.73. The second-order valence-corrected chi connectivity index (χ2v) is 7.03. The molecular weight excluding hydrogens is 292 g/mol. The molecule has 1 aromatic carbocycles. The number of benzene rings is 1. The molecule has 2 rings (SSSR count). The molecule has 1 aliphatic heterocycles. The van der Waals surface area contributed by atoms with Crippen LogP contribution < -0.4 is 20.9 Å². The number of hydrogen-bond donors (Lipinski definition) is 4. The minimum atomic E-state index is -3.73. The first kappa shape index (κ1) is 15.7. The SMILES string of the molecule is CC(C)NC(=O)C1CNNC1S(=O)(=O)Nc1ccccc1. The second kappa shape index (κ2) is 6.42. The van der Waals surface area contributed by atoms with Crippen molar-refractivity contribution >= 4 is 21.6 Å². The summed E-state index contributed by atoms with van der Waals surface area (Å²) in [6.07, 6.45) is 0. The van der Waals surface area contributed by atoms with Gasteiger partial charge >= 0.3 is 0 Å². The number of hydrogen-bond acceptors (Lipinski definition) is 5. The Kier molecular flexibility index (Phi) is 4.81. The number of anilines is 1. The van der Waals surface area contributed by atoms with Crippen molar-refractivity contribution < 1.29 is 13.2 Å². The van der Waals surface area contributed by atoms with E-state index in [0.717, 1.165) is 0 Å². The average Bonchev–Trinajstić information content (AvgIpc) is 2.88. The molecule has 0 bridgehead atoms. The van der Waals surface area contributed by atoms with Gasteiger partial charge in [0, 0.05) is 18.3 Å². The predicted octanol–water partition coefficient (Wildman–Crippen LogP) is 0.00300. The van der Waals surface area contributed by atoms with Gasteiger partial charge < -0.3 is 5.32 Å². The minimum Gasteiger partial charge on any atom is -0.354 e. The molecule has 0 aliphatic carbocycles. The molecule has 0 spiro atoms. The summed E-state index contributed by atoms with van der Waals surface area (Å²) in [5, 5.41) is 1.72. The molecule has 4 N–H and O–H groups in total. The van der Waals surface area contributed by atoms with Gasteiger partial charge in [-0.3, -0.25) is 14.9 Å². The van der Waals surface area contributed by atoms with Crippen LogP contribution in [0.5, 0.6) is 0 Å². The topological polar surface area (TPSA) is 99.3 Å². The van der Waals surface area contributed by atoms with Crippen LogP contribution in [0, 0.1) is 5.92 Å². The Hall–Kier alpha value is -1.64. The highest BCUT2D eigenvalue weighted by molar-refractivity contribution is 7.93. The van der Waals surface area contributed by atoms with Crippen LogP contribution in [0.4, 0.5) is 5.69 Å². The Balaban J connectivity index is 2.13. The fourth-order valence-electron chi connectivity index (χ4n) is 2.13. The maximum Gasteiger partial charge on any atom is 0.250 e. The summed E-state index contributed by atoms with van der Waals surface area (Å²) in [5.74, 6) is -0.973. The van der Waals surface area contributed by atoms with E-state index in [9.17, 15) is 13.2 Å². The molecule has 116 valence electrons. The zero-order valence-corrected chi connectivity index (χ0v) is 12.8. The van der Waals surface area contributed by atoms with Crippen molar-refractivity contribution in [3.05, 3.63) is 30.3 Å². The lowest BCUT2D eigenvalue weighted by atomic mass is 10.1. The van der Waals surface area contributed by atoms with Gasteiger partial charge in [-0.1, -0.05) is 18.2 Å². The molecule has 0 radical (unpaired) electrons. The second-order valence-electron chi connectivity index (χ2n) is 5.23. The van der Waals surface area contributed by atoms with Crippen molar-refractivity contribution in [1.29, 1.82) is 0 Å². The number of carbonyl (C=O) groups is 1. The summed E-state index contributed by atoms with van der Waals surface area (Å²) in [6.45, 7) is 3.93. The molecule has 1 fully saturated rings. The van der Waals surface area contributed by atoms with Crippen LogP contribution in [0.1, 0.15) is 13.8 Å². The molecule has 1 amide bonds. The normalized spacial score (nSPS) is 22.2. The van der Waals surface area contributed by atoms with Crippen molar-refractivity contribution in [3.8, 4) is 0 Å². The molecule has 1 saturated heterocycles. The van der Waals surface area contributed by atoms with Gasteiger partial charge in [0.2, 0.25) is 5.91 Å². The lowest BCUT2D eigenvalue weighted by Crippen LogP contribution is -2.47. The van der Waals surface area contributed by atoms with Crippen LogP contribution in [0.15, 0.2) is 30.3 Å². The van der Waals surface area contributed by atoms with Crippen LogP contribution in [-0.4, -0.2) is 32.3 Å². The van der Waals surface area contributed by atoms with Gasteiger partial charge in [-0.25, -0.2) is 13.8 Å². The van der Waals surface area contributed by atoms with Gasteiger partial charge in [-0.15, -0.1) is 0 Å². The number of hydrazine groups is 1. The molecule has 8 heteroatoms. The van der Waals surface area contributed by atoms with E-state index < -0.39 is 21.3 Å². The molecular formula is C13H20N4O3S. The molecule has 21 heavy (non-hydrogen) atoms. The Morgan fingerprint density at radius 3 is 2.57 bits per heavy atom. The maximum absolute atomic E-state index is 12.4. The number of rotatable bonds is 5. The zero-order chi connectivity index (χ0) is 15.5. The van der Waals surface area contributed by atoms with Crippen LogP contribution in [0.3, 0.4) is 0 Å². The van der Waals surface area contributed by atoms with Crippen molar-refractivity contribution in [1.82, 2.24) is 16.2 Å². The van der Waals surface area contributed by atoms with Gasteiger partial charge in [0.05, 0.1) is 5.92 Å². The lowest BCUT2D eigenvalue weighted by molar-refractivity contribution is -0.124. The van der Waals surface area contributed by atoms with E-state index >= 15 is 0 Å². The largest absolute Gasteiger partial charge is 0.354 e. The summed E-state index contributed by atoms with van der Waals surface area (Å²) in [4.78, 5) is 12.1. The molecule has 2 unspecified atom stereocenters. The van der Waals surface area contributed by atoms with E-state index in [0.29, 0.717) is 5.69 Å². The first-order valence-electron chi connectivity index (χ1n) is 6.75. The fourth-order valence-corrected chi connectivity index (χ4v) is 3.61. The number of amides is 1. The third kappa shape index (κ3) is 3.93. The third-order valence-corrected chi connectivity index (χ3v) is 4.70. The van der Waals surface area contributed by atoms with Crippen LogP contribution in [0.25, 0.3) is 0 Å². The number of carbonyl (C=O) groups excluding carboxylic acids is 1. The van der Waals surface area contributed by atoms with Gasteiger partial charge in [-0.05, 0) is 26.0 Å². The van der Waals surface area contributed by atoms with E-state index in [1.165, 1.54) is 0 Å². The quantitative estimate of drug-likeness (QED) is 0.613. The summed E-state index contributed by atoms with van der Waals surface area (Å²) < 4.78 is 27.3. The van der Waals surface area contributed by atoms with Gasteiger partial charge in [0.1, 0.15) is 0 Å². The first-order valence-corrected chi connectivity index (χ1v) is 8.30. The summed E-state index contributed by atoms with van der Waals surface area (Å²) >= 11 is 0. The fraction of sp³-hybridized carbons (Fsp3) is 0.462. The van der Waals surface area contributed by atoms with Gasteiger partial charge in [0.15, 0.2) is 5.37 Å². The van der Waals surface area contributed by atoms with Crippen molar-refractivity contribution in [3.63, 3.8) is 0 Å². The number of sulfonamides is 1. The van der Waals surface area contributed by atoms with E-state index in [-0.39, 0.29) is 18.5 Å². The van der Waals surface area contributed by atoms with Gasteiger partial charge in [0.25, 0.3) is 10.0 Å². The Morgan fingerprint density at radius 2 is 1.95 bits per heavy atom. The summed E-state index contributed by atoms with van der Waals surface area (Å²) in [5.41, 5.74) is 5.87. The molecule has 0 saturated carbocycles. The zero-order valence-electron chi connectivity index (χ0n) is 12.0. The lowest BCUT2D eigenvalue weighted by Gasteiger charge is -2.20. The summed E-state index contributed by atoms with van der Waals surface area (Å²) in [6, 6.07) is 8.55. The van der Waals surface area contributed by atoms with E-state index in [2.05, 4.69) is 20.9 Å². The molecule has 2 atom stereocenters. The Labute approximate surface area is 124 Å². The predicted molar refractivity (Wildman–Crippen MR) is 80.7 cm³/mol. The molecule has 1 aromatic rings. The maximum atomic E-state index is 12.4. The third-order valence-electron chi connectivity index (χ3n) is 3.07.